The lowest BCUT2D eigenvalue weighted by atomic mass is 9.86. The lowest BCUT2D eigenvalue weighted by Crippen LogP contribution is -2.30. The second-order valence-corrected chi connectivity index (χ2v) is 7.00. The molecule has 1 fully saturated rings. The first-order valence-electron chi connectivity index (χ1n) is 7.55. The molecule has 1 aliphatic rings. The zero-order valence-corrected chi connectivity index (χ0v) is 12.6. The largest absolute Gasteiger partial charge is 0.385 e. The summed E-state index contributed by atoms with van der Waals surface area (Å²) in [6.45, 7) is 7.80. The molecule has 1 saturated carbocycles. The second kappa shape index (κ2) is 5.96. The normalized spacial score (nSPS) is 24.2. The molecular formula is C17H28N2. The van der Waals surface area contributed by atoms with Gasteiger partial charge in [0.1, 0.15) is 0 Å². The molecule has 0 bridgehead atoms. The molecule has 106 valence electrons. The van der Waals surface area contributed by atoms with Gasteiger partial charge >= 0.3 is 0 Å². The van der Waals surface area contributed by atoms with Gasteiger partial charge in [0.15, 0.2) is 0 Å². The summed E-state index contributed by atoms with van der Waals surface area (Å²) >= 11 is 0. The number of nitrogens with two attached hydrogens (primary N) is 1. The number of nitrogens with one attached hydrogen (secondary N) is 1. The fourth-order valence-corrected chi connectivity index (χ4v) is 2.87. The van der Waals surface area contributed by atoms with Gasteiger partial charge < -0.3 is 11.1 Å². The SMILES string of the molecule is CC(C)(C)c1ccc(NCC2CCCC(N)C2)cc1. The van der Waals surface area contributed by atoms with Crippen molar-refractivity contribution >= 4 is 5.69 Å². The Kier molecular flexibility index (Phi) is 4.51. The Morgan fingerprint density at radius 3 is 2.42 bits per heavy atom. The van der Waals surface area contributed by atoms with Gasteiger partial charge in [0.05, 0.1) is 0 Å². The predicted octanol–water partition coefficient (Wildman–Crippen LogP) is 3.91. The van der Waals surface area contributed by atoms with E-state index in [2.05, 4.69) is 50.4 Å². The second-order valence-electron chi connectivity index (χ2n) is 7.00. The van der Waals surface area contributed by atoms with E-state index >= 15 is 0 Å². The Morgan fingerprint density at radius 2 is 1.84 bits per heavy atom. The van der Waals surface area contributed by atoms with Gasteiger partial charge in [-0.05, 0) is 48.3 Å². The smallest absolute Gasteiger partial charge is 0.0340 e. The molecule has 19 heavy (non-hydrogen) atoms. The molecule has 0 saturated heterocycles. The van der Waals surface area contributed by atoms with Gasteiger partial charge in [-0.25, -0.2) is 0 Å². The molecule has 0 radical (unpaired) electrons. The summed E-state index contributed by atoms with van der Waals surface area (Å²) in [6, 6.07) is 9.28. The summed E-state index contributed by atoms with van der Waals surface area (Å²) in [5.74, 6) is 0.742. The van der Waals surface area contributed by atoms with E-state index in [1.54, 1.807) is 0 Å². The van der Waals surface area contributed by atoms with Crippen molar-refractivity contribution in [3.05, 3.63) is 29.8 Å². The number of rotatable bonds is 3. The van der Waals surface area contributed by atoms with E-state index in [-0.39, 0.29) is 5.41 Å². The Hall–Kier alpha value is -1.02. The average Bonchev–Trinajstić information content (AvgIpc) is 2.36. The summed E-state index contributed by atoms with van der Waals surface area (Å²) in [5.41, 5.74) is 8.88. The third kappa shape index (κ3) is 4.24. The molecule has 1 aliphatic carbocycles. The van der Waals surface area contributed by atoms with Gasteiger partial charge in [0, 0.05) is 18.3 Å². The Bertz CT molecular complexity index is 389. The van der Waals surface area contributed by atoms with E-state index < -0.39 is 0 Å². The van der Waals surface area contributed by atoms with Crippen LogP contribution in [-0.2, 0) is 5.41 Å². The van der Waals surface area contributed by atoms with Crippen molar-refractivity contribution in [3.63, 3.8) is 0 Å². The molecule has 1 aromatic carbocycles. The number of hydrogen-bond donors (Lipinski definition) is 2. The Morgan fingerprint density at radius 1 is 1.16 bits per heavy atom. The van der Waals surface area contributed by atoms with Crippen molar-refractivity contribution in [2.45, 2.75) is 57.9 Å². The van der Waals surface area contributed by atoms with E-state index in [9.17, 15) is 0 Å². The van der Waals surface area contributed by atoms with E-state index in [1.165, 1.54) is 36.9 Å². The highest BCUT2D eigenvalue weighted by Crippen LogP contribution is 2.25. The van der Waals surface area contributed by atoms with Gasteiger partial charge in [0.25, 0.3) is 0 Å². The van der Waals surface area contributed by atoms with Crippen LogP contribution < -0.4 is 11.1 Å². The van der Waals surface area contributed by atoms with Crippen LogP contribution >= 0.6 is 0 Å². The molecule has 3 N–H and O–H groups in total. The third-order valence-electron chi connectivity index (χ3n) is 4.17. The van der Waals surface area contributed by atoms with E-state index in [1.807, 2.05) is 0 Å². The molecule has 2 unspecified atom stereocenters. The summed E-state index contributed by atoms with van der Waals surface area (Å²) in [6.07, 6.45) is 4.99. The molecule has 0 spiro atoms. The first-order chi connectivity index (χ1) is 8.95. The fourth-order valence-electron chi connectivity index (χ4n) is 2.87. The summed E-state index contributed by atoms with van der Waals surface area (Å²) in [7, 11) is 0. The molecule has 0 aliphatic heterocycles. The van der Waals surface area contributed by atoms with Crippen molar-refractivity contribution in [1.82, 2.24) is 0 Å². The minimum atomic E-state index is 0.231. The Balaban J connectivity index is 1.86. The molecule has 0 aromatic heterocycles. The topological polar surface area (TPSA) is 38.0 Å². The first kappa shape index (κ1) is 14.4. The maximum Gasteiger partial charge on any atom is 0.0340 e. The van der Waals surface area contributed by atoms with Gasteiger partial charge in [-0.3, -0.25) is 0 Å². The molecule has 2 atom stereocenters. The van der Waals surface area contributed by atoms with E-state index in [4.69, 9.17) is 5.73 Å². The standard InChI is InChI=1S/C17H28N2/c1-17(2,3)14-7-9-16(10-8-14)19-12-13-5-4-6-15(18)11-13/h7-10,13,15,19H,4-6,11-12,18H2,1-3H3. The van der Waals surface area contributed by atoms with Crippen molar-refractivity contribution in [3.8, 4) is 0 Å². The van der Waals surface area contributed by atoms with E-state index in [0.29, 0.717) is 6.04 Å². The highest BCUT2D eigenvalue weighted by Gasteiger charge is 2.19. The van der Waals surface area contributed by atoms with Crippen molar-refractivity contribution < 1.29 is 0 Å². The van der Waals surface area contributed by atoms with Crippen molar-refractivity contribution in [1.29, 1.82) is 0 Å². The van der Waals surface area contributed by atoms with Crippen LogP contribution in [0, 0.1) is 5.92 Å². The van der Waals surface area contributed by atoms with Crippen LogP contribution in [0.5, 0.6) is 0 Å². The maximum absolute atomic E-state index is 6.03. The fraction of sp³-hybridized carbons (Fsp3) is 0.647. The molecule has 1 aromatic rings. The van der Waals surface area contributed by atoms with Crippen LogP contribution in [0.4, 0.5) is 5.69 Å². The highest BCUT2D eigenvalue weighted by atomic mass is 14.9. The van der Waals surface area contributed by atoms with Crippen molar-refractivity contribution in [2.75, 3.05) is 11.9 Å². The first-order valence-corrected chi connectivity index (χ1v) is 7.55. The zero-order valence-electron chi connectivity index (χ0n) is 12.6. The van der Waals surface area contributed by atoms with Crippen LogP contribution in [0.1, 0.15) is 52.0 Å². The summed E-state index contributed by atoms with van der Waals surface area (Å²) in [4.78, 5) is 0. The van der Waals surface area contributed by atoms with Gasteiger partial charge in [-0.15, -0.1) is 0 Å². The van der Waals surface area contributed by atoms with Crippen LogP contribution in [0.2, 0.25) is 0 Å². The van der Waals surface area contributed by atoms with Crippen LogP contribution in [-0.4, -0.2) is 12.6 Å². The number of anilines is 1. The van der Waals surface area contributed by atoms with Crippen LogP contribution in [0.15, 0.2) is 24.3 Å². The summed E-state index contributed by atoms with van der Waals surface area (Å²) < 4.78 is 0. The minimum Gasteiger partial charge on any atom is -0.385 e. The molecule has 2 heteroatoms. The van der Waals surface area contributed by atoms with Crippen LogP contribution in [0.25, 0.3) is 0 Å². The Labute approximate surface area is 117 Å². The molecule has 2 nitrogen and oxygen atoms in total. The molecular weight excluding hydrogens is 232 g/mol. The molecule has 0 amide bonds. The average molecular weight is 260 g/mol. The van der Waals surface area contributed by atoms with Gasteiger partial charge in [-0.2, -0.15) is 0 Å². The van der Waals surface area contributed by atoms with Crippen molar-refractivity contribution in [2.24, 2.45) is 11.7 Å². The monoisotopic (exact) mass is 260 g/mol. The lowest BCUT2D eigenvalue weighted by molar-refractivity contribution is 0.335. The number of hydrogen-bond acceptors (Lipinski definition) is 2. The predicted molar refractivity (Wildman–Crippen MR) is 83.6 cm³/mol. The minimum absolute atomic E-state index is 0.231. The lowest BCUT2D eigenvalue weighted by Gasteiger charge is -2.27. The summed E-state index contributed by atoms with van der Waals surface area (Å²) in [5, 5.41) is 3.56. The highest BCUT2D eigenvalue weighted by molar-refractivity contribution is 5.45. The number of benzene rings is 1. The maximum atomic E-state index is 6.03. The van der Waals surface area contributed by atoms with E-state index in [0.717, 1.165) is 12.5 Å². The molecule has 0 heterocycles. The third-order valence-corrected chi connectivity index (χ3v) is 4.17. The molecule has 2 rings (SSSR count). The van der Waals surface area contributed by atoms with Gasteiger partial charge in [0.2, 0.25) is 0 Å². The van der Waals surface area contributed by atoms with Gasteiger partial charge in [-0.1, -0.05) is 39.3 Å². The van der Waals surface area contributed by atoms with Crippen LogP contribution in [0.3, 0.4) is 0 Å². The quantitative estimate of drug-likeness (QED) is 0.864. The zero-order chi connectivity index (χ0) is 13.9.